The lowest BCUT2D eigenvalue weighted by molar-refractivity contribution is -0.0236. The maximum Gasteiger partial charge on any atom is 0.257 e. The van der Waals surface area contributed by atoms with Crippen molar-refractivity contribution in [1.29, 1.82) is 0 Å². The molecule has 2 fully saturated rings. The lowest BCUT2D eigenvalue weighted by atomic mass is 9.78. The highest BCUT2D eigenvalue weighted by atomic mass is 16.5. The van der Waals surface area contributed by atoms with Crippen LogP contribution in [0.15, 0.2) is 30.5 Å². The summed E-state index contributed by atoms with van der Waals surface area (Å²) in [5, 5.41) is 13.7. The van der Waals surface area contributed by atoms with E-state index in [1.165, 1.54) is 0 Å². The Kier molecular flexibility index (Phi) is 5.41. The van der Waals surface area contributed by atoms with Crippen LogP contribution >= 0.6 is 0 Å². The summed E-state index contributed by atoms with van der Waals surface area (Å²) in [4.78, 5) is 23.6. The molecule has 29 heavy (non-hydrogen) atoms. The summed E-state index contributed by atoms with van der Waals surface area (Å²) >= 11 is 0. The van der Waals surface area contributed by atoms with Crippen LogP contribution in [0.5, 0.6) is 5.75 Å². The summed E-state index contributed by atoms with van der Waals surface area (Å²) < 4.78 is 6.14. The predicted octanol–water partition coefficient (Wildman–Crippen LogP) is 2.43. The fraction of sp³-hybridized carbons (Fsp3) is 0.500. The van der Waals surface area contributed by atoms with E-state index in [0.29, 0.717) is 42.7 Å². The van der Waals surface area contributed by atoms with Gasteiger partial charge in [-0.15, -0.1) is 0 Å². The largest absolute Gasteiger partial charge is 0.486 e. The molecule has 1 aliphatic carbocycles. The van der Waals surface area contributed by atoms with Gasteiger partial charge in [-0.05, 0) is 62.8 Å². The normalized spacial score (nSPS) is 26.1. The van der Waals surface area contributed by atoms with Crippen molar-refractivity contribution in [3.05, 3.63) is 47.4 Å². The number of fused-ring (bicyclic) bond motifs is 1. The molecule has 2 aromatic rings. The number of nitrogens with one attached hydrogen (secondary N) is 1. The summed E-state index contributed by atoms with van der Waals surface area (Å²) in [7, 11) is 1.77. The minimum Gasteiger partial charge on any atom is -0.486 e. The smallest absolute Gasteiger partial charge is 0.257 e. The van der Waals surface area contributed by atoms with Crippen LogP contribution in [0.3, 0.4) is 0 Å². The Hall–Kier alpha value is -2.67. The van der Waals surface area contributed by atoms with E-state index in [2.05, 4.69) is 15.3 Å². The van der Waals surface area contributed by atoms with Gasteiger partial charge in [0.2, 0.25) is 0 Å². The fourth-order valence-corrected chi connectivity index (χ4v) is 4.59. The van der Waals surface area contributed by atoms with E-state index in [4.69, 9.17) is 4.74 Å². The number of aryl methyl sites for hydroxylation is 2. The number of ether oxygens (including phenoxy) is 1. The monoisotopic (exact) mass is 396 g/mol. The minimum atomic E-state index is -0.543. The van der Waals surface area contributed by atoms with Crippen LogP contribution in [0.4, 0.5) is 5.82 Å². The topological polar surface area (TPSA) is 87.6 Å². The number of amides is 1. The number of likely N-dealkylation sites (tertiary alicyclic amines) is 1. The summed E-state index contributed by atoms with van der Waals surface area (Å²) in [6, 6.07) is 7.42. The number of carbonyl (C=O) groups is 1. The quantitative estimate of drug-likeness (QED) is 0.825. The van der Waals surface area contributed by atoms with Gasteiger partial charge in [-0.25, -0.2) is 4.98 Å². The number of aliphatic hydroxyl groups is 1. The summed E-state index contributed by atoms with van der Waals surface area (Å²) in [5.74, 6) is 1.91. The third kappa shape index (κ3) is 3.92. The van der Waals surface area contributed by atoms with Crippen molar-refractivity contribution in [2.45, 2.75) is 38.9 Å². The first-order valence-corrected chi connectivity index (χ1v) is 10.2. The van der Waals surface area contributed by atoms with Crippen molar-refractivity contribution < 1.29 is 14.6 Å². The number of carbonyl (C=O) groups excluding carboxylic acids is 1. The van der Waals surface area contributed by atoms with Gasteiger partial charge in [-0.3, -0.25) is 9.78 Å². The fourth-order valence-electron chi connectivity index (χ4n) is 4.59. The molecular weight excluding hydrogens is 368 g/mol. The second-order valence-electron chi connectivity index (χ2n) is 8.11. The van der Waals surface area contributed by atoms with E-state index in [1.54, 1.807) is 25.4 Å². The zero-order chi connectivity index (χ0) is 20.5. The molecule has 1 amide bonds. The van der Waals surface area contributed by atoms with Crippen molar-refractivity contribution in [2.24, 2.45) is 11.8 Å². The molecule has 2 aromatic heterocycles. The van der Waals surface area contributed by atoms with Gasteiger partial charge >= 0.3 is 0 Å². The molecule has 0 radical (unpaired) electrons. The highest BCUT2D eigenvalue weighted by Gasteiger charge is 2.44. The molecule has 154 valence electrons. The molecule has 2 N–H and O–H groups in total. The third-order valence-corrected chi connectivity index (χ3v) is 6.10. The van der Waals surface area contributed by atoms with Gasteiger partial charge in [0.05, 0.1) is 17.4 Å². The van der Waals surface area contributed by atoms with Crippen molar-refractivity contribution >= 4 is 11.7 Å². The molecule has 1 saturated carbocycles. The number of nitrogens with zero attached hydrogens (tertiary/aromatic N) is 3. The van der Waals surface area contributed by atoms with Crippen molar-refractivity contribution in [3.8, 4) is 5.75 Å². The molecule has 2 aliphatic rings. The van der Waals surface area contributed by atoms with E-state index < -0.39 is 6.10 Å². The van der Waals surface area contributed by atoms with Gasteiger partial charge in [-0.1, -0.05) is 0 Å². The molecule has 1 saturated heterocycles. The Morgan fingerprint density at radius 2 is 1.97 bits per heavy atom. The van der Waals surface area contributed by atoms with Crippen LogP contribution in [0.25, 0.3) is 0 Å². The Bertz CT molecular complexity index is 903. The van der Waals surface area contributed by atoms with Crippen LogP contribution in [-0.2, 0) is 0 Å². The van der Waals surface area contributed by atoms with Crippen LogP contribution in [0.2, 0.25) is 0 Å². The Morgan fingerprint density at radius 1 is 1.21 bits per heavy atom. The first-order valence-electron chi connectivity index (χ1n) is 10.2. The Balaban J connectivity index is 1.45. The van der Waals surface area contributed by atoms with Crippen LogP contribution < -0.4 is 10.1 Å². The molecule has 0 spiro atoms. The van der Waals surface area contributed by atoms with Crippen molar-refractivity contribution in [1.82, 2.24) is 14.9 Å². The average molecular weight is 396 g/mol. The summed E-state index contributed by atoms with van der Waals surface area (Å²) in [5.41, 5.74) is 2.36. The zero-order valence-electron chi connectivity index (χ0n) is 17.1. The van der Waals surface area contributed by atoms with E-state index in [-0.39, 0.29) is 12.0 Å². The molecule has 7 heteroatoms. The third-order valence-electron chi connectivity index (χ3n) is 6.10. The zero-order valence-corrected chi connectivity index (χ0v) is 17.1. The molecular formula is C22H28N4O3. The molecule has 0 unspecified atom stereocenters. The molecule has 3 heterocycles. The van der Waals surface area contributed by atoms with Crippen LogP contribution in [0, 0.1) is 25.7 Å². The standard InChI is InChI=1S/C22H28N4O3/c1-13-6-7-19(14(2)25-13)29-20-10-16-12-26(11-15(16)9-18(20)27)22(28)17-5-4-8-24-21(17)23-3/h4-8,15-16,18,20,27H,9-12H2,1-3H3,(H,23,24)/t15-,16+,18+,20+/m0/s1. The Morgan fingerprint density at radius 3 is 2.69 bits per heavy atom. The van der Waals surface area contributed by atoms with Crippen molar-refractivity contribution in [3.63, 3.8) is 0 Å². The first kappa shape index (κ1) is 19.6. The number of pyridine rings is 2. The second-order valence-corrected chi connectivity index (χ2v) is 8.11. The molecule has 0 bridgehead atoms. The van der Waals surface area contributed by atoms with E-state index in [1.807, 2.05) is 30.9 Å². The number of hydrogen-bond acceptors (Lipinski definition) is 6. The molecule has 4 atom stereocenters. The highest BCUT2D eigenvalue weighted by Crippen LogP contribution is 2.39. The molecule has 0 aromatic carbocycles. The van der Waals surface area contributed by atoms with Gasteiger partial charge in [0, 0.05) is 32.0 Å². The number of anilines is 1. The van der Waals surface area contributed by atoms with Crippen molar-refractivity contribution in [2.75, 3.05) is 25.5 Å². The number of aliphatic hydroxyl groups excluding tert-OH is 1. The van der Waals surface area contributed by atoms with E-state index >= 15 is 0 Å². The van der Waals surface area contributed by atoms with Gasteiger partial charge in [0.25, 0.3) is 5.91 Å². The molecule has 4 rings (SSSR count). The lowest BCUT2D eigenvalue weighted by Gasteiger charge is -2.35. The van der Waals surface area contributed by atoms with Gasteiger partial charge < -0.3 is 20.1 Å². The Labute approximate surface area is 171 Å². The number of hydrogen-bond donors (Lipinski definition) is 2. The first-order chi connectivity index (χ1) is 14.0. The molecule has 7 nitrogen and oxygen atoms in total. The average Bonchev–Trinajstić information content (AvgIpc) is 3.12. The van der Waals surface area contributed by atoms with Gasteiger partial charge in [-0.2, -0.15) is 0 Å². The number of rotatable bonds is 4. The minimum absolute atomic E-state index is 0.0117. The van der Waals surface area contributed by atoms with Crippen LogP contribution in [-0.4, -0.2) is 58.2 Å². The maximum absolute atomic E-state index is 13.0. The van der Waals surface area contributed by atoms with Gasteiger partial charge in [0.1, 0.15) is 17.7 Å². The summed E-state index contributed by atoms with van der Waals surface area (Å²) in [6.45, 7) is 5.21. The lowest BCUT2D eigenvalue weighted by Crippen LogP contribution is -2.42. The molecule has 1 aliphatic heterocycles. The van der Waals surface area contributed by atoms with E-state index in [0.717, 1.165) is 23.6 Å². The second kappa shape index (κ2) is 7.99. The predicted molar refractivity (Wildman–Crippen MR) is 110 cm³/mol. The maximum atomic E-state index is 13.0. The SMILES string of the molecule is CNc1ncccc1C(=O)N1C[C@H]2C[C@@H](Oc3ccc(C)nc3C)[C@H](O)C[C@H]2C1. The number of aromatic nitrogens is 2. The highest BCUT2D eigenvalue weighted by molar-refractivity contribution is 5.98. The van der Waals surface area contributed by atoms with Crippen LogP contribution in [0.1, 0.15) is 34.6 Å². The van der Waals surface area contributed by atoms with Gasteiger partial charge in [0.15, 0.2) is 0 Å². The summed E-state index contributed by atoms with van der Waals surface area (Å²) in [6.07, 6.45) is 2.23. The van der Waals surface area contributed by atoms with E-state index in [9.17, 15) is 9.90 Å².